The number of nitrogens with one attached hydrogen (secondary N) is 2. The Labute approximate surface area is 139 Å². The molecule has 1 aromatic carbocycles. The molecule has 5 nitrogen and oxygen atoms in total. The molecule has 0 saturated carbocycles. The Morgan fingerprint density at radius 2 is 1.83 bits per heavy atom. The second-order valence-electron chi connectivity index (χ2n) is 5.83. The largest absolute Gasteiger partial charge is 0.355 e. The summed E-state index contributed by atoms with van der Waals surface area (Å²) >= 11 is 0. The first-order chi connectivity index (χ1) is 11.2. The van der Waals surface area contributed by atoms with Crippen LogP contribution in [0.1, 0.15) is 11.1 Å². The summed E-state index contributed by atoms with van der Waals surface area (Å²) in [6, 6.07) is 12.7. The van der Waals surface area contributed by atoms with Gasteiger partial charge in [0.25, 0.3) is 0 Å². The van der Waals surface area contributed by atoms with Gasteiger partial charge in [-0.25, -0.2) is 0 Å². The van der Waals surface area contributed by atoms with Gasteiger partial charge in [-0.1, -0.05) is 24.3 Å². The summed E-state index contributed by atoms with van der Waals surface area (Å²) in [7, 11) is 5.97. The molecule has 2 N–H and O–H groups in total. The molecule has 0 radical (unpaired) electrons. The van der Waals surface area contributed by atoms with Crippen LogP contribution < -0.4 is 10.6 Å². The number of rotatable bonds is 7. The third-order valence-electron chi connectivity index (χ3n) is 3.50. The maximum atomic E-state index is 4.27. The Morgan fingerprint density at radius 3 is 2.52 bits per heavy atom. The maximum absolute atomic E-state index is 4.27. The van der Waals surface area contributed by atoms with E-state index in [4.69, 9.17) is 0 Å². The summed E-state index contributed by atoms with van der Waals surface area (Å²) in [6.07, 6.45) is 4.13. The van der Waals surface area contributed by atoms with Gasteiger partial charge in [0.15, 0.2) is 5.96 Å². The minimum Gasteiger partial charge on any atom is -0.355 e. The van der Waals surface area contributed by atoms with E-state index in [1.165, 1.54) is 11.1 Å². The fourth-order valence-corrected chi connectivity index (χ4v) is 2.43. The molecule has 0 amide bonds. The van der Waals surface area contributed by atoms with Crippen LogP contribution in [0, 0.1) is 0 Å². The van der Waals surface area contributed by atoms with Gasteiger partial charge in [0, 0.05) is 45.6 Å². The fraction of sp³-hybridized carbons (Fsp3) is 0.389. The summed E-state index contributed by atoms with van der Waals surface area (Å²) in [5.41, 5.74) is 2.59. The molecule has 0 aliphatic carbocycles. The normalized spacial score (nSPS) is 11.7. The number of hydrogen-bond donors (Lipinski definition) is 2. The molecule has 1 aromatic heterocycles. The summed E-state index contributed by atoms with van der Waals surface area (Å²) in [5, 5.41) is 6.70. The molecule has 0 spiro atoms. The second kappa shape index (κ2) is 9.00. The number of guanidine groups is 1. The Bertz CT molecular complexity index is 602. The van der Waals surface area contributed by atoms with E-state index in [2.05, 4.69) is 75.8 Å². The van der Waals surface area contributed by atoms with Crippen molar-refractivity contribution in [1.82, 2.24) is 20.1 Å². The first-order valence-corrected chi connectivity index (χ1v) is 7.95. The molecular formula is C18H27N5. The number of aromatic nitrogens is 1. The van der Waals surface area contributed by atoms with Crippen molar-refractivity contribution in [3.05, 3.63) is 59.9 Å². The number of nitrogens with zero attached hydrogens (tertiary/aromatic N) is 3. The van der Waals surface area contributed by atoms with Gasteiger partial charge in [-0.3, -0.25) is 4.99 Å². The monoisotopic (exact) mass is 313 g/mol. The average Bonchev–Trinajstić information content (AvgIpc) is 3.03. The fourth-order valence-electron chi connectivity index (χ4n) is 2.43. The summed E-state index contributed by atoms with van der Waals surface area (Å²) < 4.78 is 2.14. The van der Waals surface area contributed by atoms with Gasteiger partial charge in [-0.2, -0.15) is 0 Å². The average molecular weight is 313 g/mol. The number of benzene rings is 1. The standard InChI is InChI=1S/C18H27N5/c1-19-18(20-9-12-23-10-4-5-11-23)21-14-16-7-6-8-17(13-16)15-22(2)3/h4-8,10-11,13H,9,12,14-15H2,1-3H3,(H2,19,20,21). The number of aliphatic imine (C=N–C) groups is 1. The Hall–Kier alpha value is -2.27. The van der Waals surface area contributed by atoms with Crippen LogP contribution in [0.2, 0.25) is 0 Å². The molecule has 124 valence electrons. The van der Waals surface area contributed by atoms with Crippen LogP contribution in [0.15, 0.2) is 53.8 Å². The minimum absolute atomic E-state index is 0.768. The maximum Gasteiger partial charge on any atom is 0.191 e. The summed E-state index contributed by atoms with van der Waals surface area (Å²) in [6.45, 7) is 3.49. The van der Waals surface area contributed by atoms with E-state index in [1.807, 2.05) is 12.1 Å². The highest BCUT2D eigenvalue weighted by atomic mass is 15.2. The van der Waals surface area contributed by atoms with Crippen molar-refractivity contribution in [3.8, 4) is 0 Å². The molecule has 5 heteroatoms. The molecule has 0 saturated heterocycles. The van der Waals surface area contributed by atoms with Crippen LogP contribution in [0.3, 0.4) is 0 Å². The highest BCUT2D eigenvalue weighted by molar-refractivity contribution is 5.79. The van der Waals surface area contributed by atoms with E-state index in [9.17, 15) is 0 Å². The van der Waals surface area contributed by atoms with Crippen LogP contribution in [0.4, 0.5) is 0 Å². The van der Waals surface area contributed by atoms with Gasteiger partial charge >= 0.3 is 0 Å². The molecule has 2 rings (SSSR count). The highest BCUT2D eigenvalue weighted by Gasteiger charge is 2.00. The Kier molecular flexibility index (Phi) is 6.69. The predicted octanol–water partition coefficient (Wildman–Crippen LogP) is 1.91. The van der Waals surface area contributed by atoms with Gasteiger partial charge in [0.05, 0.1) is 0 Å². The minimum atomic E-state index is 0.768. The lowest BCUT2D eigenvalue weighted by atomic mass is 10.1. The van der Waals surface area contributed by atoms with Crippen molar-refractivity contribution < 1.29 is 0 Å². The van der Waals surface area contributed by atoms with Crippen LogP contribution in [0.25, 0.3) is 0 Å². The number of hydrogen-bond acceptors (Lipinski definition) is 2. The lowest BCUT2D eigenvalue weighted by molar-refractivity contribution is 0.402. The molecule has 0 bridgehead atoms. The third-order valence-corrected chi connectivity index (χ3v) is 3.50. The molecule has 0 unspecified atom stereocenters. The zero-order valence-corrected chi connectivity index (χ0v) is 14.3. The predicted molar refractivity (Wildman–Crippen MR) is 96.5 cm³/mol. The van der Waals surface area contributed by atoms with Gasteiger partial charge in [-0.05, 0) is 37.4 Å². The van der Waals surface area contributed by atoms with Gasteiger partial charge in [-0.15, -0.1) is 0 Å². The molecule has 23 heavy (non-hydrogen) atoms. The van der Waals surface area contributed by atoms with E-state index in [1.54, 1.807) is 7.05 Å². The van der Waals surface area contributed by atoms with Crippen molar-refractivity contribution in [2.45, 2.75) is 19.6 Å². The Morgan fingerprint density at radius 1 is 1.09 bits per heavy atom. The molecule has 0 fully saturated rings. The van der Waals surface area contributed by atoms with E-state index in [0.29, 0.717) is 0 Å². The van der Waals surface area contributed by atoms with Crippen LogP contribution >= 0.6 is 0 Å². The smallest absolute Gasteiger partial charge is 0.191 e. The molecule has 0 aliphatic rings. The van der Waals surface area contributed by atoms with Crippen LogP contribution in [-0.2, 0) is 19.6 Å². The topological polar surface area (TPSA) is 44.6 Å². The van der Waals surface area contributed by atoms with Crippen molar-refractivity contribution in [1.29, 1.82) is 0 Å². The van der Waals surface area contributed by atoms with Gasteiger partial charge in [0.2, 0.25) is 0 Å². The van der Waals surface area contributed by atoms with Crippen LogP contribution in [0.5, 0.6) is 0 Å². The lowest BCUT2D eigenvalue weighted by Crippen LogP contribution is -2.38. The molecule has 2 aromatic rings. The third kappa shape index (κ3) is 6.16. The molecule has 1 heterocycles. The zero-order valence-electron chi connectivity index (χ0n) is 14.3. The lowest BCUT2D eigenvalue weighted by Gasteiger charge is -2.14. The van der Waals surface area contributed by atoms with Crippen LogP contribution in [-0.4, -0.2) is 43.1 Å². The molecule has 0 aliphatic heterocycles. The Balaban J connectivity index is 1.78. The first-order valence-electron chi connectivity index (χ1n) is 7.95. The van der Waals surface area contributed by atoms with E-state index >= 15 is 0 Å². The van der Waals surface area contributed by atoms with Crippen molar-refractivity contribution in [3.63, 3.8) is 0 Å². The van der Waals surface area contributed by atoms with E-state index in [-0.39, 0.29) is 0 Å². The van der Waals surface area contributed by atoms with Crippen molar-refractivity contribution >= 4 is 5.96 Å². The van der Waals surface area contributed by atoms with E-state index in [0.717, 1.165) is 32.1 Å². The van der Waals surface area contributed by atoms with E-state index < -0.39 is 0 Å². The summed E-state index contributed by atoms with van der Waals surface area (Å²) in [4.78, 5) is 6.44. The second-order valence-corrected chi connectivity index (χ2v) is 5.83. The SMILES string of the molecule is CN=C(NCCn1cccc1)NCc1cccc(CN(C)C)c1. The quantitative estimate of drug-likeness (QED) is 0.606. The summed E-state index contributed by atoms with van der Waals surface area (Å²) in [5.74, 6) is 0.829. The van der Waals surface area contributed by atoms with Gasteiger partial charge < -0.3 is 20.1 Å². The van der Waals surface area contributed by atoms with Crippen molar-refractivity contribution in [2.75, 3.05) is 27.7 Å². The van der Waals surface area contributed by atoms with Gasteiger partial charge in [0.1, 0.15) is 0 Å². The first kappa shape index (κ1) is 17.1. The highest BCUT2D eigenvalue weighted by Crippen LogP contribution is 2.06. The molecular weight excluding hydrogens is 286 g/mol. The van der Waals surface area contributed by atoms with Crippen molar-refractivity contribution in [2.24, 2.45) is 4.99 Å². The zero-order chi connectivity index (χ0) is 16.5. The molecule has 0 atom stereocenters.